The molecule has 150 valence electrons. The van der Waals surface area contributed by atoms with Crippen LogP contribution in [-0.2, 0) is 16.8 Å². The summed E-state index contributed by atoms with van der Waals surface area (Å²) in [7, 11) is 0. The van der Waals surface area contributed by atoms with Crippen molar-refractivity contribution in [2.45, 2.75) is 12.0 Å². The minimum atomic E-state index is -0.915. The summed E-state index contributed by atoms with van der Waals surface area (Å²) in [4.78, 5) is 20.1. The highest BCUT2D eigenvalue weighted by molar-refractivity contribution is 6.11. The van der Waals surface area contributed by atoms with Gasteiger partial charge in [0.25, 0.3) is 0 Å². The molecule has 2 N–H and O–H groups in total. The van der Waals surface area contributed by atoms with Gasteiger partial charge in [-0.3, -0.25) is 4.79 Å². The zero-order chi connectivity index (χ0) is 20.3. The molecular weight excluding hydrogens is 382 g/mol. The molecule has 7 heteroatoms. The third-order valence-corrected chi connectivity index (χ3v) is 5.96. The molecule has 2 aromatic carbocycles. The first-order chi connectivity index (χ1) is 14.7. The number of hydrogen-bond acceptors (Lipinski definition) is 6. The number of nitrogens with two attached hydrogens (primary N) is 1. The van der Waals surface area contributed by atoms with Gasteiger partial charge in [0, 0.05) is 17.3 Å². The van der Waals surface area contributed by atoms with Crippen molar-refractivity contribution >= 4 is 17.4 Å². The summed E-state index contributed by atoms with van der Waals surface area (Å²) in [5, 5.41) is 0. The second-order valence-electron chi connectivity index (χ2n) is 7.65. The molecule has 3 aromatic rings. The van der Waals surface area contributed by atoms with E-state index in [4.69, 9.17) is 19.9 Å². The molecule has 1 aromatic heterocycles. The predicted molar refractivity (Wildman–Crippen MR) is 110 cm³/mol. The lowest BCUT2D eigenvalue weighted by Gasteiger charge is -2.24. The SMILES string of the molecule is Nc1cccc(CN2C(=O)C3(COc4cc5c(cc43)OCCO5)c3ccccc32)n1. The number of aromatic nitrogens is 1. The number of amides is 1. The average Bonchev–Trinajstić information content (AvgIpc) is 3.25. The van der Waals surface area contributed by atoms with E-state index in [0.717, 1.165) is 22.5 Å². The van der Waals surface area contributed by atoms with Crippen molar-refractivity contribution in [1.82, 2.24) is 4.98 Å². The number of benzene rings is 2. The van der Waals surface area contributed by atoms with E-state index in [1.165, 1.54) is 0 Å². The van der Waals surface area contributed by atoms with Gasteiger partial charge in [-0.2, -0.15) is 0 Å². The van der Waals surface area contributed by atoms with Gasteiger partial charge in [-0.15, -0.1) is 0 Å². The van der Waals surface area contributed by atoms with Crippen LogP contribution in [0.2, 0.25) is 0 Å². The quantitative estimate of drug-likeness (QED) is 0.711. The van der Waals surface area contributed by atoms with Gasteiger partial charge in [-0.05, 0) is 29.8 Å². The Bertz CT molecular complexity index is 1190. The Morgan fingerprint density at radius 2 is 1.73 bits per heavy atom. The number of pyridine rings is 1. The first kappa shape index (κ1) is 17.1. The van der Waals surface area contributed by atoms with Crippen LogP contribution in [0.25, 0.3) is 0 Å². The Kier molecular flexibility index (Phi) is 3.50. The van der Waals surface area contributed by atoms with Crippen molar-refractivity contribution in [3.8, 4) is 17.2 Å². The molecule has 0 aliphatic carbocycles. The standard InChI is InChI=1S/C23H19N3O4/c24-21-7-3-4-14(25-21)12-26-17-6-2-1-5-15(17)23(22(26)27)13-30-18-11-20-19(10-16(18)23)28-8-9-29-20/h1-7,10-11H,8-9,12-13H2,(H2,24,25). The zero-order valence-electron chi connectivity index (χ0n) is 16.1. The number of nitrogens with zero attached hydrogens (tertiary/aromatic N) is 2. The second-order valence-corrected chi connectivity index (χ2v) is 7.65. The third kappa shape index (κ3) is 2.26. The average molecular weight is 401 g/mol. The number of carbonyl (C=O) groups is 1. The Morgan fingerprint density at radius 3 is 2.57 bits per heavy atom. The fourth-order valence-electron chi connectivity index (χ4n) is 4.62. The van der Waals surface area contributed by atoms with Crippen molar-refractivity contribution in [3.63, 3.8) is 0 Å². The number of carbonyl (C=O) groups excluding carboxylic acids is 1. The molecule has 0 radical (unpaired) electrons. The molecule has 0 saturated carbocycles. The van der Waals surface area contributed by atoms with Crippen LogP contribution in [0.5, 0.6) is 17.2 Å². The molecule has 3 aliphatic rings. The molecule has 3 aliphatic heterocycles. The van der Waals surface area contributed by atoms with Crippen molar-refractivity contribution in [3.05, 3.63) is 71.4 Å². The zero-order valence-corrected chi connectivity index (χ0v) is 16.1. The molecule has 7 nitrogen and oxygen atoms in total. The number of anilines is 2. The van der Waals surface area contributed by atoms with Crippen LogP contribution < -0.4 is 24.8 Å². The fourth-order valence-corrected chi connectivity index (χ4v) is 4.62. The predicted octanol–water partition coefficient (Wildman–Crippen LogP) is 2.66. The Hall–Kier alpha value is -3.74. The number of para-hydroxylation sites is 1. The largest absolute Gasteiger partial charge is 0.491 e. The van der Waals surface area contributed by atoms with Gasteiger partial charge in [-0.1, -0.05) is 24.3 Å². The first-order valence-electron chi connectivity index (χ1n) is 9.87. The maximum atomic E-state index is 13.9. The van der Waals surface area contributed by atoms with Crippen LogP contribution in [-0.4, -0.2) is 30.7 Å². The number of rotatable bonds is 2. The summed E-state index contributed by atoms with van der Waals surface area (Å²) in [5.41, 5.74) is 8.26. The van der Waals surface area contributed by atoms with Crippen molar-refractivity contribution in [1.29, 1.82) is 0 Å². The van der Waals surface area contributed by atoms with Crippen molar-refractivity contribution in [2.24, 2.45) is 0 Å². The van der Waals surface area contributed by atoms with Crippen LogP contribution >= 0.6 is 0 Å². The number of hydrogen-bond donors (Lipinski definition) is 1. The highest BCUT2D eigenvalue weighted by Gasteiger charge is 2.57. The molecule has 1 amide bonds. The summed E-state index contributed by atoms with van der Waals surface area (Å²) in [5.74, 6) is 2.35. The van der Waals surface area contributed by atoms with E-state index in [9.17, 15) is 4.79 Å². The highest BCUT2D eigenvalue weighted by atomic mass is 16.6. The smallest absolute Gasteiger partial charge is 0.246 e. The van der Waals surface area contributed by atoms with Gasteiger partial charge in [0.05, 0.1) is 12.2 Å². The van der Waals surface area contributed by atoms with Gasteiger partial charge < -0.3 is 24.8 Å². The summed E-state index contributed by atoms with van der Waals surface area (Å²) >= 11 is 0. The van der Waals surface area contributed by atoms with Crippen LogP contribution in [0.3, 0.4) is 0 Å². The van der Waals surface area contributed by atoms with E-state index in [1.807, 2.05) is 48.5 Å². The van der Waals surface area contributed by atoms with Crippen LogP contribution in [0.4, 0.5) is 11.5 Å². The van der Waals surface area contributed by atoms with Gasteiger partial charge >= 0.3 is 0 Å². The molecule has 4 heterocycles. The van der Waals surface area contributed by atoms with Crippen molar-refractivity contribution in [2.75, 3.05) is 30.5 Å². The minimum Gasteiger partial charge on any atom is -0.491 e. The van der Waals surface area contributed by atoms with E-state index >= 15 is 0 Å². The Morgan fingerprint density at radius 1 is 0.933 bits per heavy atom. The number of ether oxygens (including phenoxy) is 3. The summed E-state index contributed by atoms with van der Waals surface area (Å²) in [6.45, 7) is 1.56. The Balaban J connectivity index is 1.49. The molecule has 0 fully saturated rings. The molecule has 1 atom stereocenters. The van der Waals surface area contributed by atoms with E-state index in [0.29, 0.717) is 42.8 Å². The molecule has 0 saturated heterocycles. The lowest BCUT2D eigenvalue weighted by Crippen LogP contribution is -2.42. The lowest BCUT2D eigenvalue weighted by atomic mass is 9.77. The van der Waals surface area contributed by atoms with Gasteiger partial charge in [0.15, 0.2) is 11.5 Å². The summed E-state index contributed by atoms with van der Waals surface area (Å²) in [6.07, 6.45) is 0. The molecule has 0 bridgehead atoms. The number of fused-ring (bicyclic) bond motifs is 5. The molecule has 1 unspecified atom stereocenters. The van der Waals surface area contributed by atoms with Crippen LogP contribution in [0.1, 0.15) is 16.8 Å². The summed E-state index contributed by atoms with van der Waals surface area (Å²) < 4.78 is 17.5. The normalized spacial score (nSPS) is 20.8. The second kappa shape index (κ2) is 6.13. The van der Waals surface area contributed by atoms with Gasteiger partial charge in [0.1, 0.15) is 36.8 Å². The van der Waals surface area contributed by atoms with Crippen molar-refractivity contribution < 1.29 is 19.0 Å². The van der Waals surface area contributed by atoms with Crippen LogP contribution in [0, 0.1) is 0 Å². The third-order valence-electron chi connectivity index (χ3n) is 5.96. The molecule has 6 rings (SSSR count). The maximum absolute atomic E-state index is 13.9. The van der Waals surface area contributed by atoms with E-state index < -0.39 is 5.41 Å². The lowest BCUT2D eigenvalue weighted by molar-refractivity contribution is -0.122. The fraction of sp³-hybridized carbons (Fsp3) is 0.217. The minimum absolute atomic E-state index is 0.0386. The number of nitrogen functional groups attached to an aromatic ring is 1. The maximum Gasteiger partial charge on any atom is 0.246 e. The molecule has 30 heavy (non-hydrogen) atoms. The van der Waals surface area contributed by atoms with E-state index in [-0.39, 0.29) is 12.5 Å². The van der Waals surface area contributed by atoms with Gasteiger partial charge in [0.2, 0.25) is 5.91 Å². The van der Waals surface area contributed by atoms with Crippen LogP contribution in [0.15, 0.2) is 54.6 Å². The summed E-state index contributed by atoms with van der Waals surface area (Å²) in [6, 6.07) is 17.0. The Labute approximate surface area is 173 Å². The molecule has 1 spiro atoms. The first-order valence-corrected chi connectivity index (χ1v) is 9.87. The highest BCUT2D eigenvalue weighted by Crippen LogP contribution is 2.54. The monoisotopic (exact) mass is 401 g/mol. The van der Waals surface area contributed by atoms with E-state index in [1.54, 1.807) is 11.0 Å². The van der Waals surface area contributed by atoms with E-state index in [2.05, 4.69) is 4.98 Å². The molecular formula is C23H19N3O4. The topological polar surface area (TPSA) is 86.9 Å². The van der Waals surface area contributed by atoms with Gasteiger partial charge in [-0.25, -0.2) is 4.98 Å².